The molecule has 0 saturated heterocycles. The lowest BCUT2D eigenvalue weighted by atomic mass is 9.81. The maximum atomic E-state index is 2.48. The van der Waals surface area contributed by atoms with Crippen LogP contribution in [0.3, 0.4) is 0 Å². The minimum atomic E-state index is 0.871. The third-order valence-electron chi connectivity index (χ3n) is 5.48. The fourth-order valence-electron chi connectivity index (χ4n) is 3.62. The smallest absolute Gasteiger partial charge is 0.0411 e. The lowest BCUT2D eigenvalue weighted by molar-refractivity contribution is 0.275. The molecule has 0 aromatic rings. The van der Waals surface area contributed by atoms with Gasteiger partial charge in [0.25, 0.3) is 0 Å². The topological polar surface area (TPSA) is 0 Å². The van der Waals surface area contributed by atoms with Crippen molar-refractivity contribution in [1.29, 1.82) is 0 Å². The summed E-state index contributed by atoms with van der Waals surface area (Å²) in [5.41, 5.74) is 0. The molecule has 0 bridgehead atoms. The maximum absolute atomic E-state index is 2.48. The Morgan fingerprint density at radius 1 is 0.591 bits per heavy atom. The van der Waals surface area contributed by atoms with Crippen LogP contribution < -0.4 is 0 Å². The van der Waals surface area contributed by atoms with Crippen LogP contribution in [0.25, 0.3) is 0 Å². The highest BCUT2D eigenvalue weighted by atomic mass is 14.2. The molecule has 0 aliphatic rings. The monoisotopic (exact) mass is 310 g/mol. The van der Waals surface area contributed by atoms with Crippen LogP contribution in [0.4, 0.5) is 0 Å². The highest BCUT2D eigenvalue weighted by Crippen LogP contribution is 2.30. The minimum absolute atomic E-state index is 0.871. The largest absolute Gasteiger partial charge is 0.0654 e. The lowest BCUT2D eigenvalue weighted by Crippen LogP contribution is -2.11. The lowest BCUT2D eigenvalue weighted by Gasteiger charge is -2.25. The van der Waals surface area contributed by atoms with E-state index in [0.717, 1.165) is 23.7 Å². The molecule has 0 heteroatoms. The van der Waals surface area contributed by atoms with Crippen molar-refractivity contribution in [3.8, 4) is 0 Å². The predicted octanol–water partition coefficient (Wildman–Crippen LogP) is 8.25. The van der Waals surface area contributed by atoms with E-state index in [1.807, 2.05) is 0 Å². The second-order valence-electron chi connectivity index (χ2n) is 8.31. The Bertz CT molecular complexity index is 218. The van der Waals surface area contributed by atoms with E-state index in [2.05, 4.69) is 41.5 Å². The summed E-state index contributed by atoms with van der Waals surface area (Å²) in [6, 6.07) is 0. The molecular weight excluding hydrogens is 264 g/mol. The van der Waals surface area contributed by atoms with Crippen molar-refractivity contribution >= 4 is 0 Å². The van der Waals surface area contributed by atoms with E-state index < -0.39 is 0 Å². The molecule has 0 nitrogen and oxygen atoms in total. The Labute approximate surface area is 142 Å². The van der Waals surface area contributed by atoms with Crippen molar-refractivity contribution in [2.45, 2.75) is 119 Å². The summed E-state index contributed by atoms with van der Waals surface area (Å²) < 4.78 is 0. The van der Waals surface area contributed by atoms with Gasteiger partial charge in [0.1, 0.15) is 0 Å². The standard InChI is InChI=1S/C22H46/c1-7-10-12-20(6)15-17-22(16-14-19(4)5)18-21(9-3)13-11-8-2/h19-22H,7-18H2,1-6H3. The third-order valence-corrected chi connectivity index (χ3v) is 5.48. The van der Waals surface area contributed by atoms with Crippen LogP contribution >= 0.6 is 0 Å². The van der Waals surface area contributed by atoms with E-state index in [1.54, 1.807) is 0 Å². The summed E-state index contributed by atoms with van der Waals surface area (Å²) >= 11 is 0. The first kappa shape index (κ1) is 22.0. The van der Waals surface area contributed by atoms with Crippen LogP contribution in [0, 0.1) is 23.7 Å². The minimum Gasteiger partial charge on any atom is -0.0654 e. The van der Waals surface area contributed by atoms with Crippen LogP contribution in [0.1, 0.15) is 119 Å². The van der Waals surface area contributed by atoms with Gasteiger partial charge in [-0.1, -0.05) is 112 Å². The summed E-state index contributed by atoms with van der Waals surface area (Å²) in [5.74, 6) is 3.80. The van der Waals surface area contributed by atoms with Gasteiger partial charge in [-0.25, -0.2) is 0 Å². The molecule has 0 fully saturated rings. The van der Waals surface area contributed by atoms with Gasteiger partial charge in [-0.05, 0) is 30.1 Å². The predicted molar refractivity (Wildman–Crippen MR) is 103 cm³/mol. The van der Waals surface area contributed by atoms with Gasteiger partial charge in [0.05, 0.1) is 0 Å². The summed E-state index contributed by atoms with van der Waals surface area (Å²) in [6.45, 7) is 14.3. The van der Waals surface area contributed by atoms with Crippen LogP contribution in [0.15, 0.2) is 0 Å². The number of unbranched alkanes of at least 4 members (excludes halogenated alkanes) is 2. The van der Waals surface area contributed by atoms with Crippen molar-refractivity contribution in [3.63, 3.8) is 0 Å². The Hall–Kier alpha value is 0. The molecule has 0 aromatic carbocycles. The SMILES string of the molecule is CCCCC(C)CCC(CCC(C)C)CC(CC)CCCC. The summed E-state index contributed by atoms with van der Waals surface area (Å²) in [5, 5.41) is 0. The molecule has 0 rings (SSSR count). The zero-order valence-corrected chi connectivity index (χ0v) is 16.8. The zero-order valence-electron chi connectivity index (χ0n) is 16.8. The quantitative estimate of drug-likeness (QED) is 0.285. The Morgan fingerprint density at radius 2 is 1.18 bits per heavy atom. The molecule has 0 heterocycles. The Kier molecular flexibility index (Phi) is 14.6. The first-order valence-corrected chi connectivity index (χ1v) is 10.5. The van der Waals surface area contributed by atoms with Crippen LogP contribution in [-0.2, 0) is 0 Å². The summed E-state index contributed by atoms with van der Waals surface area (Å²) in [7, 11) is 0. The molecule has 0 amide bonds. The molecule has 134 valence electrons. The zero-order chi connectivity index (χ0) is 16.8. The van der Waals surface area contributed by atoms with E-state index >= 15 is 0 Å². The number of rotatable bonds is 15. The van der Waals surface area contributed by atoms with Gasteiger partial charge in [0.2, 0.25) is 0 Å². The molecule has 0 saturated carbocycles. The Balaban J connectivity index is 4.27. The number of hydrogen-bond acceptors (Lipinski definition) is 0. The molecule has 0 spiro atoms. The molecule has 3 atom stereocenters. The van der Waals surface area contributed by atoms with Gasteiger partial charge in [0, 0.05) is 0 Å². The molecule has 0 N–H and O–H groups in total. The first-order chi connectivity index (χ1) is 10.5. The third kappa shape index (κ3) is 12.5. The van der Waals surface area contributed by atoms with E-state index in [1.165, 1.54) is 77.0 Å². The van der Waals surface area contributed by atoms with Crippen molar-refractivity contribution in [2.75, 3.05) is 0 Å². The normalized spacial score (nSPS) is 16.0. The first-order valence-electron chi connectivity index (χ1n) is 10.5. The van der Waals surface area contributed by atoms with Crippen molar-refractivity contribution < 1.29 is 0 Å². The van der Waals surface area contributed by atoms with Gasteiger partial charge in [0.15, 0.2) is 0 Å². The van der Waals surface area contributed by atoms with Crippen molar-refractivity contribution in [1.82, 2.24) is 0 Å². The summed E-state index contributed by atoms with van der Waals surface area (Å²) in [4.78, 5) is 0. The van der Waals surface area contributed by atoms with Gasteiger partial charge in [-0.3, -0.25) is 0 Å². The summed E-state index contributed by atoms with van der Waals surface area (Å²) in [6.07, 6.45) is 17.2. The maximum Gasteiger partial charge on any atom is -0.0411 e. The second kappa shape index (κ2) is 14.6. The highest BCUT2D eigenvalue weighted by molar-refractivity contribution is 4.69. The van der Waals surface area contributed by atoms with Crippen molar-refractivity contribution in [3.05, 3.63) is 0 Å². The average molecular weight is 311 g/mol. The van der Waals surface area contributed by atoms with E-state index in [-0.39, 0.29) is 0 Å². The van der Waals surface area contributed by atoms with Crippen LogP contribution in [-0.4, -0.2) is 0 Å². The molecule has 0 aromatic heterocycles. The second-order valence-corrected chi connectivity index (χ2v) is 8.31. The fourth-order valence-corrected chi connectivity index (χ4v) is 3.62. The van der Waals surface area contributed by atoms with Crippen molar-refractivity contribution in [2.24, 2.45) is 23.7 Å². The molecule has 0 aliphatic heterocycles. The fraction of sp³-hybridized carbons (Fsp3) is 1.00. The molecule has 3 unspecified atom stereocenters. The molecular formula is C22H46. The van der Waals surface area contributed by atoms with Gasteiger partial charge in [-0.15, -0.1) is 0 Å². The molecule has 22 heavy (non-hydrogen) atoms. The molecule has 0 radical (unpaired) electrons. The average Bonchev–Trinajstić information content (AvgIpc) is 2.50. The van der Waals surface area contributed by atoms with Gasteiger partial charge < -0.3 is 0 Å². The Morgan fingerprint density at radius 3 is 1.73 bits per heavy atom. The molecule has 0 aliphatic carbocycles. The number of hydrogen-bond donors (Lipinski definition) is 0. The van der Waals surface area contributed by atoms with Crippen LogP contribution in [0.2, 0.25) is 0 Å². The van der Waals surface area contributed by atoms with Gasteiger partial charge in [-0.2, -0.15) is 0 Å². The highest BCUT2D eigenvalue weighted by Gasteiger charge is 2.17. The van der Waals surface area contributed by atoms with E-state index in [0.29, 0.717) is 0 Å². The van der Waals surface area contributed by atoms with E-state index in [9.17, 15) is 0 Å². The van der Waals surface area contributed by atoms with E-state index in [4.69, 9.17) is 0 Å². The van der Waals surface area contributed by atoms with Gasteiger partial charge >= 0.3 is 0 Å². The van der Waals surface area contributed by atoms with Crippen LogP contribution in [0.5, 0.6) is 0 Å².